The molecule has 2 fully saturated rings. The van der Waals surface area contributed by atoms with E-state index in [4.69, 9.17) is 4.74 Å². The molecule has 0 aromatic heterocycles. The van der Waals surface area contributed by atoms with E-state index in [1.54, 1.807) is 0 Å². The van der Waals surface area contributed by atoms with Gasteiger partial charge in [-0.3, -0.25) is 10.1 Å². The van der Waals surface area contributed by atoms with Crippen molar-refractivity contribution in [3.8, 4) is 0 Å². The second-order valence-corrected chi connectivity index (χ2v) is 6.27. The molecule has 0 saturated carbocycles. The van der Waals surface area contributed by atoms with Crippen molar-refractivity contribution in [3.63, 3.8) is 0 Å². The van der Waals surface area contributed by atoms with Crippen LogP contribution in [0.1, 0.15) is 35.7 Å². The van der Waals surface area contributed by atoms with Crippen molar-refractivity contribution in [1.82, 2.24) is 10.2 Å². The van der Waals surface area contributed by atoms with Gasteiger partial charge in [0.05, 0.1) is 13.2 Å². The maximum atomic E-state index is 12.3. The summed E-state index contributed by atoms with van der Waals surface area (Å²) in [6, 6.07) is 6.45. The molecule has 0 spiro atoms. The summed E-state index contributed by atoms with van der Waals surface area (Å²) in [5.41, 5.74) is 3.69. The number of benzene rings is 1. The zero-order valence-corrected chi connectivity index (χ0v) is 12.9. The zero-order valence-electron chi connectivity index (χ0n) is 12.9. The minimum atomic E-state index is 0.0133. The molecule has 114 valence electrons. The van der Waals surface area contributed by atoms with Crippen LogP contribution in [0.3, 0.4) is 0 Å². The molecular formula is C17H24N2O2. The van der Waals surface area contributed by atoms with Crippen LogP contribution >= 0.6 is 0 Å². The summed E-state index contributed by atoms with van der Waals surface area (Å²) in [6.45, 7) is 7.09. The highest BCUT2D eigenvalue weighted by atomic mass is 16.5. The molecule has 2 unspecified atom stereocenters. The molecule has 1 amide bonds. The van der Waals surface area contributed by atoms with Gasteiger partial charge in [-0.15, -0.1) is 0 Å². The van der Waals surface area contributed by atoms with Crippen LogP contribution in [0.15, 0.2) is 18.2 Å². The fraction of sp³-hybridized carbons (Fsp3) is 0.588. The quantitative estimate of drug-likeness (QED) is 0.926. The first-order valence-corrected chi connectivity index (χ1v) is 7.83. The lowest BCUT2D eigenvalue weighted by Crippen LogP contribution is -2.37. The number of nitrogens with zero attached hydrogens (tertiary/aromatic N) is 1. The Hall–Kier alpha value is -1.39. The van der Waals surface area contributed by atoms with Crippen LogP contribution in [-0.4, -0.2) is 37.1 Å². The van der Waals surface area contributed by atoms with E-state index in [2.05, 4.69) is 37.4 Å². The Labute approximate surface area is 126 Å². The molecular weight excluding hydrogens is 264 g/mol. The van der Waals surface area contributed by atoms with Gasteiger partial charge < -0.3 is 9.64 Å². The zero-order chi connectivity index (χ0) is 14.8. The number of carbonyl (C=O) groups excluding carboxylic acids is 1. The van der Waals surface area contributed by atoms with Crippen LogP contribution in [0, 0.1) is 19.8 Å². The normalized spacial score (nSPS) is 26.4. The topological polar surface area (TPSA) is 41.6 Å². The molecule has 1 N–H and O–H groups in total. The molecule has 0 aliphatic carbocycles. The lowest BCUT2D eigenvalue weighted by Gasteiger charge is -2.31. The van der Waals surface area contributed by atoms with Crippen molar-refractivity contribution >= 4 is 5.91 Å². The van der Waals surface area contributed by atoms with E-state index >= 15 is 0 Å². The number of nitrogens with one attached hydrogen (secondary N) is 1. The Morgan fingerprint density at radius 2 is 2.24 bits per heavy atom. The van der Waals surface area contributed by atoms with Crippen LogP contribution in [0.2, 0.25) is 0 Å². The highest BCUT2D eigenvalue weighted by Gasteiger charge is 2.34. The second-order valence-electron chi connectivity index (χ2n) is 6.27. The second kappa shape index (κ2) is 6.16. The van der Waals surface area contributed by atoms with Crippen molar-refractivity contribution in [3.05, 3.63) is 34.9 Å². The van der Waals surface area contributed by atoms with Crippen molar-refractivity contribution in [2.45, 2.75) is 32.9 Å². The molecule has 4 nitrogen and oxygen atoms in total. The molecule has 2 aliphatic heterocycles. The van der Waals surface area contributed by atoms with Gasteiger partial charge in [-0.2, -0.15) is 0 Å². The van der Waals surface area contributed by atoms with Gasteiger partial charge in [-0.05, 0) is 37.8 Å². The van der Waals surface area contributed by atoms with Crippen molar-refractivity contribution < 1.29 is 9.53 Å². The molecule has 2 heterocycles. The van der Waals surface area contributed by atoms with Gasteiger partial charge in [0.1, 0.15) is 6.17 Å². The Kier molecular flexibility index (Phi) is 4.27. The van der Waals surface area contributed by atoms with Gasteiger partial charge in [0.15, 0.2) is 0 Å². The average molecular weight is 288 g/mol. The van der Waals surface area contributed by atoms with E-state index in [0.717, 1.165) is 32.6 Å². The fourth-order valence-corrected chi connectivity index (χ4v) is 3.31. The molecule has 4 heteroatoms. The number of hydrogen-bond donors (Lipinski definition) is 1. The van der Waals surface area contributed by atoms with Crippen molar-refractivity contribution in [2.24, 2.45) is 5.92 Å². The van der Waals surface area contributed by atoms with E-state index < -0.39 is 0 Å². The molecule has 1 aromatic rings. The Bertz CT molecular complexity index is 524. The summed E-state index contributed by atoms with van der Waals surface area (Å²) in [5, 5.41) is 3.37. The molecule has 3 rings (SSSR count). The van der Waals surface area contributed by atoms with Crippen LogP contribution in [0.25, 0.3) is 0 Å². The van der Waals surface area contributed by atoms with Crippen LogP contribution in [-0.2, 0) is 9.53 Å². The third kappa shape index (κ3) is 3.11. The van der Waals surface area contributed by atoms with Gasteiger partial charge in [0.2, 0.25) is 5.91 Å². The molecule has 0 bridgehead atoms. The molecule has 1 aromatic carbocycles. The monoisotopic (exact) mass is 288 g/mol. The summed E-state index contributed by atoms with van der Waals surface area (Å²) in [5.74, 6) is 0.668. The first-order valence-electron chi connectivity index (χ1n) is 7.83. The first-order chi connectivity index (χ1) is 10.1. The van der Waals surface area contributed by atoms with E-state index in [1.807, 2.05) is 4.90 Å². The maximum Gasteiger partial charge on any atom is 0.238 e. The van der Waals surface area contributed by atoms with Crippen molar-refractivity contribution in [1.29, 1.82) is 0 Å². The lowest BCUT2D eigenvalue weighted by molar-refractivity contribution is -0.129. The van der Waals surface area contributed by atoms with E-state index in [-0.39, 0.29) is 12.1 Å². The number of rotatable bonds is 3. The third-order valence-electron chi connectivity index (χ3n) is 4.52. The highest BCUT2D eigenvalue weighted by Crippen LogP contribution is 2.28. The Morgan fingerprint density at radius 3 is 3.00 bits per heavy atom. The van der Waals surface area contributed by atoms with Crippen molar-refractivity contribution in [2.75, 3.05) is 26.3 Å². The van der Waals surface area contributed by atoms with Gasteiger partial charge in [0, 0.05) is 19.1 Å². The Balaban J connectivity index is 1.79. The highest BCUT2D eigenvalue weighted by molar-refractivity contribution is 5.81. The molecule has 0 radical (unpaired) electrons. The van der Waals surface area contributed by atoms with Crippen LogP contribution < -0.4 is 5.32 Å². The summed E-state index contributed by atoms with van der Waals surface area (Å²) in [4.78, 5) is 14.3. The smallest absolute Gasteiger partial charge is 0.238 e. The van der Waals surface area contributed by atoms with Gasteiger partial charge in [-0.25, -0.2) is 0 Å². The summed E-state index contributed by atoms with van der Waals surface area (Å²) >= 11 is 0. The molecule has 2 atom stereocenters. The van der Waals surface area contributed by atoms with Gasteiger partial charge in [-0.1, -0.05) is 23.8 Å². The third-order valence-corrected chi connectivity index (χ3v) is 4.52. The van der Waals surface area contributed by atoms with Gasteiger partial charge in [0.25, 0.3) is 0 Å². The van der Waals surface area contributed by atoms with Crippen LogP contribution in [0.4, 0.5) is 0 Å². The standard InChI is InChI=1S/C17H24N2O2/c1-12-5-6-13(2)15(8-12)17-18-9-16(20)19(17)10-14-4-3-7-21-11-14/h5-6,8,14,17-18H,3-4,7,9-11H2,1-2H3. The number of ether oxygens (including phenoxy) is 1. The van der Waals surface area contributed by atoms with E-state index in [9.17, 15) is 4.79 Å². The minimum Gasteiger partial charge on any atom is -0.381 e. The summed E-state index contributed by atoms with van der Waals surface area (Å²) in [6.07, 6.45) is 2.27. The maximum absolute atomic E-state index is 12.3. The minimum absolute atomic E-state index is 0.0133. The largest absolute Gasteiger partial charge is 0.381 e. The van der Waals surface area contributed by atoms with E-state index in [0.29, 0.717) is 12.5 Å². The average Bonchev–Trinajstić information content (AvgIpc) is 2.84. The summed E-state index contributed by atoms with van der Waals surface area (Å²) < 4.78 is 5.55. The summed E-state index contributed by atoms with van der Waals surface area (Å²) in [7, 11) is 0. The molecule has 2 saturated heterocycles. The lowest BCUT2D eigenvalue weighted by atomic mass is 9.99. The number of carbonyl (C=O) groups is 1. The number of amides is 1. The Morgan fingerprint density at radius 1 is 1.38 bits per heavy atom. The molecule has 21 heavy (non-hydrogen) atoms. The van der Waals surface area contributed by atoms with Crippen LogP contribution in [0.5, 0.6) is 0 Å². The first kappa shape index (κ1) is 14.5. The van der Waals surface area contributed by atoms with Gasteiger partial charge >= 0.3 is 0 Å². The number of aryl methyl sites for hydroxylation is 2. The predicted molar refractivity (Wildman–Crippen MR) is 81.9 cm³/mol. The SMILES string of the molecule is Cc1ccc(C)c(C2NCC(=O)N2CC2CCCOC2)c1. The molecule has 2 aliphatic rings. The predicted octanol–water partition coefficient (Wildman–Crippen LogP) is 2.16. The number of hydrogen-bond acceptors (Lipinski definition) is 3. The fourth-order valence-electron chi connectivity index (χ4n) is 3.31. The van der Waals surface area contributed by atoms with E-state index in [1.165, 1.54) is 16.7 Å².